The van der Waals surface area contributed by atoms with Crippen LogP contribution in [-0.2, 0) is 4.79 Å². The van der Waals surface area contributed by atoms with Crippen LogP contribution in [0, 0.1) is 9.39 Å². The average molecular weight is 644 g/mol. The second kappa shape index (κ2) is 10.1. The standard InChI is InChI=1S/C27H23F2IN6O3/c28-15-4-9-23-33-22(14-34(23)13-15)25(37)32-18-5-7-19(8-6-18)36-26(38)21-10-16(29)12-31-24(21)35(27(36)39)20-3-1-2-17(30)11-20/h1-4,9-13,18-19,22H,5-8,14H2,(H,32,37)/t18-,19+,22?. The molecule has 1 saturated carbocycles. The number of allylic oxidation sites excluding steroid dienone is 2. The molecule has 0 spiro atoms. The number of amidine groups is 1. The van der Waals surface area contributed by atoms with Gasteiger partial charge in [0.2, 0.25) is 5.91 Å². The van der Waals surface area contributed by atoms with E-state index in [1.54, 1.807) is 29.2 Å². The van der Waals surface area contributed by atoms with Gasteiger partial charge in [0.15, 0.2) is 5.65 Å². The van der Waals surface area contributed by atoms with Crippen LogP contribution in [0.15, 0.2) is 75.3 Å². The highest BCUT2D eigenvalue weighted by Gasteiger charge is 2.33. The number of halogens is 3. The fourth-order valence-corrected chi connectivity index (χ4v) is 5.95. The predicted molar refractivity (Wildman–Crippen MR) is 150 cm³/mol. The van der Waals surface area contributed by atoms with Gasteiger partial charge < -0.3 is 10.2 Å². The molecule has 2 aliphatic heterocycles. The zero-order chi connectivity index (χ0) is 27.3. The van der Waals surface area contributed by atoms with Crippen LogP contribution in [0.25, 0.3) is 16.7 Å². The van der Waals surface area contributed by atoms with E-state index in [1.165, 1.54) is 21.4 Å². The lowest BCUT2D eigenvalue weighted by Gasteiger charge is -2.30. The maximum atomic E-state index is 14.1. The van der Waals surface area contributed by atoms with E-state index < -0.39 is 35.0 Å². The lowest BCUT2D eigenvalue weighted by molar-refractivity contribution is -0.123. The van der Waals surface area contributed by atoms with E-state index in [1.807, 2.05) is 6.07 Å². The van der Waals surface area contributed by atoms with Crippen LogP contribution in [-0.4, -0.2) is 49.4 Å². The van der Waals surface area contributed by atoms with Crippen molar-refractivity contribution in [3.8, 4) is 5.69 Å². The molecule has 1 amide bonds. The van der Waals surface area contributed by atoms with E-state index in [4.69, 9.17) is 0 Å². The summed E-state index contributed by atoms with van der Waals surface area (Å²) in [6.45, 7) is 0.267. The number of amides is 1. The first kappa shape index (κ1) is 25.6. The van der Waals surface area contributed by atoms with Crippen molar-refractivity contribution in [2.75, 3.05) is 6.54 Å². The number of aromatic nitrogens is 3. The Hall–Kier alpha value is -3.68. The third kappa shape index (κ3) is 4.81. The molecule has 200 valence electrons. The molecule has 1 atom stereocenters. The molecule has 0 saturated heterocycles. The zero-order valence-corrected chi connectivity index (χ0v) is 22.7. The number of hydrogen-bond donors (Lipinski definition) is 1. The molecular weight excluding hydrogens is 621 g/mol. The summed E-state index contributed by atoms with van der Waals surface area (Å²) >= 11 is 2.14. The Bertz CT molecular complexity index is 1700. The Labute approximate surface area is 234 Å². The molecule has 0 radical (unpaired) electrons. The summed E-state index contributed by atoms with van der Waals surface area (Å²) in [5, 5.41) is 3.05. The second-order valence-corrected chi connectivity index (χ2v) is 11.1. The molecule has 2 aromatic heterocycles. The molecule has 1 fully saturated rings. The SMILES string of the molecule is O=C(N[C@H]1CC[C@@H](n2c(=O)c3cc(F)cnc3n(-c3cccc(I)c3)c2=O)CC1)C1CN2C=C(F)C=CC2=N1. The van der Waals surface area contributed by atoms with Gasteiger partial charge in [0, 0.05) is 21.9 Å². The number of carbonyl (C=O) groups is 1. The van der Waals surface area contributed by atoms with Gasteiger partial charge in [0.05, 0.1) is 23.8 Å². The van der Waals surface area contributed by atoms with Gasteiger partial charge >= 0.3 is 5.69 Å². The molecule has 39 heavy (non-hydrogen) atoms. The van der Waals surface area contributed by atoms with E-state index in [-0.39, 0.29) is 29.5 Å². The van der Waals surface area contributed by atoms with Gasteiger partial charge in [0.25, 0.3) is 5.56 Å². The van der Waals surface area contributed by atoms with Crippen LogP contribution in [0.1, 0.15) is 31.7 Å². The predicted octanol–water partition coefficient (Wildman–Crippen LogP) is 3.35. The van der Waals surface area contributed by atoms with Crippen molar-refractivity contribution in [3.05, 3.63) is 90.9 Å². The molecule has 9 nitrogen and oxygen atoms in total. The molecular formula is C27H23F2IN6O3. The first-order valence-corrected chi connectivity index (χ1v) is 13.7. The van der Waals surface area contributed by atoms with Crippen LogP contribution >= 0.6 is 22.6 Å². The lowest BCUT2D eigenvalue weighted by atomic mass is 9.90. The maximum Gasteiger partial charge on any atom is 0.337 e. The summed E-state index contributed by atoms with van der Waals surface area (Å²) < 4.78 is 31.1. The number of pyridine rings is 1. The van der Waals surface area contributed by atoms with Gasteiger partial charge in [-0.1, -0.05) is 6.07 Å². The van der Waals surface area contributed by atoms with E-state index >= 15 is 0 Å². The fraction of sp³-hybridized carbons (Fsp3) is 0.296. The largest absolute Gasteiger partial charge is 0.351 e. The fourth-order valence-electron chi connectivity index (χ4n) is 5.43. The normalized spacial score (nSPS) is 22.4. The zero-order valence-electron chi connectivity index (χ0n) is 20.6. The van der Waals surface area contributed by atoms with Gasteiger partial charge in [-0.2, -0.15) is 0 Å². The molecule has 1 N–H and O–H groups in total. The van der Waals surface area contributed by atoms with E-state index in [0.717, 1.165) is 15.8 Å². The van der Waals surface area contributed by atoms with Crippen molar-refractivity contribution in [3.63, 3.8) is 0 Å². The number of aliphatic imine (C=N–C) groups is 1. The summed E-state index contributed by atoms with van der Waals surface area (Å²) in [5.41, 5.74) is -0.481. The topological polar surface area (TPSA) is 102 Å². The van der Waals surface area contributed by atoms with Crippen LogP contribution in [0.5, 0.6) is 0 Å². The summed E-state index contributed by atoms with van der Waals surface area (Å²) in [4.78, 5) is 50.1. The van der Waals surface area contributed by atoms with Gasteiger partial charge in [-0.3, -0.25) is 19.1 Å². The first-order valence-electron chi connectivity index (χ1n) is 12.6. The molecule has 4 heterocycles. The Morgan fingerprint density at radius 3 is 2.64 bits per heavy atom. The van der Waals surface area contributed by atoms with Gasteiger partial charge in [0.1, 0.15) is 23.5 Å². The van der Waals surface area contributed by atoms with E-state index in [2.05, 4.69) is 37.9 Å². The number of benzene rings is 1. The van der Waals surface area contributed by atoms with Crippen LogP contribution in [0.2, 0.25) is 0 Å². The van der Waals surface area contributed by atoms with Crippen LogP contribution < -0.4 is 16.6 Å². The third-order valence-electron chi connectivity index (χ3n) is 7.29. The van der Waals surface area contributed by atoms with E-state index in [9.17, 15) is 23.2 Å². The average Bonchev–Trinajstić information content (AvgIpc) is 3.34. The summed E-state index contributed by atoms with van der Waals surface area (Å²) in [6.07, 6.45) is 7.21. The number of nitrogens with zero attached hydrogens (tertiary/aromatic N) is 5. The summed E-state index contributed by atoms with van der Waals surface area (Å²) in [7, 11) is 0. The second-order valence-electron chi connectivity index (χ2n) is 9.81. The van der Waals surface area contributed by atoms with Crippen molar-refractivity contribution in [2.24, 2.45) is 4.99 Å². The third-order valence-corrected chi connectivity index (χ3v) is 7.96. The Morgan fingerprint density at radius 2 is 1.87 bits per heavy atom. The Morgan fingerprint density at radius 1 is 1.08 bits per heavy atom. The monoisotopic (exact) mass is 644 g/mol. The summed E-state index contributed by atoms with van der Waals surface area (Å²) in [6, 6.07) is 7.12. The minimum atomic E-state index is -0.661. The quantitative estimate of drug-likeness (QED) is 0.440. The highest BCUT2D eigenvalue weighted by Crippen LogP contribution is 2.28. The lowest BCUT2D eigenvalue weighted by Crippen LogP contribution is -2.47. The molecule has 1 aromatic carbocycles. The minimum absolute atomic E-state index is 0.0280. The highest BCUT2D eigenvalue weighted by atomic mass is 127. The number of fused-ring (bicyclic) bond motifs is 2. The minimum Gasteiger partial charge on any atom is -0.351 e. The van der Waals surface area contributed by atoms with Crippen molar-refractivity contribution in [2.45, 2.75) is 43.8 Å². The number of hydrogen-bond acceptors (Lipinski definition) is 6. The van der Waals surface area contributed by atoms with Crippen molar-refractivity contribution >= 4 is 45.4 Å². The van der Waals surface area contributed by atoms with Gasteiger partial charge in [-0.05, 0) is 84.7 Å². The maximum absolute atomic E-state index is 14.1. The van der Waals surface area contributed by atoms with Crippen LogP contribution in [0.4, 0.5) is 8.78 Å². The number of carbonyl (C=O) groups excluding carboxylic acids is 1. The molecule has 1 unspecified atom stereocenters. The Balaban J connectivity index is 1.24. The van der Waals surface area contributed by atoms with E-state index in [0.29, 0.717) is 37.2 Å². The van der Waals surface area contributed by atoms with Gasteiger partial charge in [-0.15, -0.1) is 0 Å². The van der Waals surface area contributed by atoms with Crippen molar-refractivity contribution in [1.29, 1.82) is 0 Å². The number of nitrogens with one attached hydrogen (secondary N) is 1. The summed E-state index contributed by atoms with van der Waals surface area (Å²) in [5.74, 6) is -0.748. The highest BCUT2D eigenvalue weighted by molar-refractivity contribution is 14.1. The van der Waals surface area contributed by atoms with Crippen LogP contribution in [0.3, 0.4) is 0 Å². The smallest absolute Gasteiger partial charge is 0.337 e. The molecule has 0 bridgehead atoms. The van der Waals surface area contributed by atoms with Crippen molar-refractivity contribution in [1.82, 2.24) is 24.3 Å². The molecule has 3 aromatic rings. The van der Waals surface area contributed by atoms with Gasteiger partial charge in [-0.25, -0.2) is 23.1 Å². The Kier molecular flexibility index (Phi) is 6.65. The first-order chi connectivity index (χ1) is 18.8. The molecule has 3 aliphatic rings. The van der Waals surface area contributed by atoms with Crippen molar-refractivity contribution < 1.29 is 13.6 Å². The molecule has 1 aliphatic carbocycles. The molecule has 12 heteroatoms. The molecule has 6 rings (SSSR count). The number of rotatable bonds is 4.